The molecule has 7 nitrogen and oxygen atoms in total. The monoisotopic (exact) mass is 487 g/mol. The molecule has 1 aliphatic carbocycles. The van der Waals surface area contributed by atoms with Gasteiger partial charge in [0.05, 0.1) is 12.0 Å². The normalized spacial score (nSPS) is 19.1. The SMILES string of the molecule is COc1ccc(CN(CC2CCC(C(=O)N[O-])CC2)S(=O)(=O)c2ccc(C(C)(C)C)cc2)cc1. The predicted octanol–water partition coefficient (Wildman–Crippen LogP) is 4.60. The van der Waals surface area contributed by atoms with E-state index in [1.807, 2.05) is 36.4 Å². The van der Waals surface area contributed by atoms with Crippen molar-refractivity contribution in [1.29, 1.82) is 0 Å². The summed E-state index contributed by atoms with van der Waals surface area (Å²) in [4.78, 5) is 12.0. The number of nitrogens with zero attached hydrogens (tertiary/aromatic N) is 1. The maximum absolute atomic E-state index is 13.7. The van der Waals surface area contributed by atoms with Gasteiger partial charge in [-0.3, -0.25) is 4.79 Å². The van der Waals surface area contributed by atoms with Crippen LogP contribution in [0.15, 0.2) is 53.4 Å². The zero-order chi connectivity index (χ0) is 24.9. The molecule has 0 saturated heterocycles. The molecule has 0 aliphatic heterocycles. The van der Waals surface area contributed by atoms with Gasteiger partial charge in [-0.15, -0.1) is 0 Å². The Morgan fingerprint density at radius 1 is 1.03 bits per heavy atom. The lowest BCUT2D eigenvalue weighted by Gasteiger charge is -2.32. The molecule has 1 saturated carbocycles. The number of hydroxylamine groups is 1. The Balaban J connectivity index is 1.83. The van der Waals surface area contributed by atoms with Gasteiger partial charge in [0.2, 0.25) is 15.9 Å². The van der Waals surface area contributed by atoms with Crippen LogP contribution in [0.4, 0.5) is 0 Å². The van der Waals surface area contributed by atoms with Gasteiger partial charge in [-0.05, 0) is 72.4 Å². The highest BCUT2D eigenvalue weighted by Gasteiger charge is 2.31. The number of benzene rings is 2. The van der Waals surface area contributed by atoms with Crippen molar-refractivity contribution in [3.05, 3.63) is 64.9 Å². The molecular formula is C26H35N2O5S-. The van der Waals surface area contributed by atoms with Gasteiger partial charge in [0.15, 0.2) is 0 Å². The molecule has 0 spiro atoms. The topological polar surface area (TPSA) is 98.8 Å². The Labute approximate surface area is 203 Å². The van der Waals surface area contributed by atoms with E-state index in [1.54, 1.807) is 23.5 Å². The van der Waals surface area contributed by atoms with Gasteiger partial charge >= 0.3 is 0 Å². The molecule has 1 N–H and O–H groups in total. The van der Waals surface area contributed by atoms with Crippen molar-refractivity contribution in [2.45, 2.75) is 63.3 Å². The minimum absolute atomic E-state index is 0.0694. The maximum Gasteiger partial charge on any atom is 0.243 e. The first-order valence-electron chi connectivity index (χ1n) is 11.7. The van der Waals surface area contributed by atoms with Crippen LogP contribution in [0, 0.1) is 17.0 Å². The zero-order valence-electron chi connectivity index (χ0n) is 20.4. The second-order valence-electron chi connectivity index (χ2n) is 10.1. The van der Waals surface area contributed by atoms with E-state index in [1.165, 1.54) is 5.48 Å². The van der Waals surface area contributed by atoms with Crippen LogP contribution in [0.3, 0.4) is 0 Å². The Kier molecular flexibility index (Phi) is 8.38. The van der Waals surface area contributed by atoms with Crippen LogP contribution < -0.4 is 10.2 Å². The van der Waals surface area contributed by atoms with E-state index in [4.69, 9.17) is 4.74 Å². The highest BCUT2D eigenvalue weighted by Crippen LogP contribution is 2.32. The summed E-state index contributed by atoms with van der Waals surface area (Å²) >= 11 is 0. The van der Waals surface area contributed by atoms with E-state index in [0.29, 0.717) is 38.0 Å². The van der Waals surface area contributed by atoms with Crippen LogP contribution in [0.1, 0.15) is 57.6 Å². The number of sulfonamides is 1. The molecule has 1 aliphatic rings. The minimum atomic E-state index is -3.74. The molecule has 0 atom stereocenters. The van der Waals surface area contributed by atoms with E-state index in [0.717, 1.165) is 11.1 Å². The summed E-state index contributed by atoms with van der Waals surface area (Å²) in [6.45, 7) is 6.89. The van der Waals surface area contributed by atoms with E-state index in [-0.39, 0.29) is 28.7 Å². The minimum Gasteiger partial charge on any atom is -0.759 e. The van der Waals surface area contributed by atoms with Crippen molar-refractivity contribution < 1.29 is 17.9 Å². The standard InChI is InChI=1S/C26H35N2O5S/c1-26(2,3)22-11-15-24(16-12-22)34(31,32)28(18-20-7-13-23(33-4)14-8-20)17-19-5-9-21(10-6-19)25(29)27-30/h7-8,11-16,19,21H,5-6,9-10,17-18H2,1-4H3,(H-,27,29,30)/q-1. The van der Waals surface area contributed by atoms with Gasteiger partial charge in [-0.1, -0.05) is 45.0 Å². The van der Waals surface area contributed by atoms with Gasteiger partial charge < -0.3 is 15.4 Å². The highest BCUT2D eigenvalue weighted by molar-refractivity contribution is 7.89. The molecule has 2 aromatic carbocycles. The first-order chi connectivity index (χ1) is 16.0. The van der Waals surface area contributed by atoms with Crippen LogP contribution >= 0.6 is 0 Å². The smallest absolute Gasteiger partial charge is 0.243 e. The lowest BCUT2D eigenvalue weighted by atomic mass is 9.81. The summed E-state index contributed by atoms with van der Waals surface area (Å²) < 4.78 is 34.2. The van der Waals surface area contributed by atoms with Gasteiger partial charge in [-0.2, -0.15) is 4.31 Å². The number of carbonyl (C=O) groups is 1. The fourth-order valence-corrected chi connectivity index (χ4v) is 5.94. The molecule has 0 aromatic heterocycles. The lowest BCUT2D eigenvalue weighted by Crippen LogP contribution is -2.37. The van der Waals surface area contributed by atoms with E-state index in [9.17, 15) is 18.4 Å². The number of amides is 1. The van der Waals surface area contributed by atoms with Crippen LogP contribution in [0.5, 0.6) is 5.75 Å². The summed E-state index contributed by atoms with van der Waals surface area (Å²) in [5, 5.41) is 10.7. The molecule has 34 heavy (non-hydrogen) atoms. The maximum atomic E-state index is 13.7. The third kappa shape index (κ3) is 6.37. The molecular weight excluding hydrogens is 452 g/mol. The van der Waals surface area contributed by atoms with Crippen molar-refractivity contribution in [1.82, 2.24) is 9.79 Å². The second kappa shape index (κ2) is 10.9. The average molecular weight is 488 g/mol. The number of carbonyl (C=O) groups excluding carboxylic acids is 1. The predicted molar refractivity (Wildman–Crippen MR) is 133 cm³/mol. The van der Waals surface area contributed by atoms with Crippen molar-refractivity contribution in [2.24, 2.45) is 11.8 Å². The number of hydrogen-bond donors (Lipinski definition) is 1. The summed E-state index contributed by atoms with van der Waals surface area (Å²) in [7, 11) is -2.14. The number of methoxy groups -OCH3 is 1. The number of rotatable bonds is 8. The molecule has 0 heterocycles. The van der Waals surface area contributed by atoms with Crippen molar-refractivity contribution in [3.8, 4) is 5.75 Å². The molecule has 0 unspecified atom stereocenters. The van der Waals surface area contributed by atoms with Gasteiger partial charge in [0.25, 0.3) is 0 Å². The second-order valence-corrected chi connectivity index (χ2v) is 12.0. The Morgan fingerprint density at radius 3 is 2.12 bits per heavy atom. The lowest BCUT2D eigenvalue weighted by molar-refractivity contribution is -0.125. The largest absolute Gasteiger partial charge is 0.759 e. The summed E-state index contributed by atoms with van der Waals surface area (Å²) in [5.74, 6) is 0.0777. The molecule has 0 bridgehead atoms. The number of nitrogens with one attached hydrogen (secondary N) is 1. The molecule has 0 radical (unpaired) electrons. The summed E-state index contributed by atoms with van der Waals surface area (Å²) in [6.07, 6.45) is 2.59. The first kappa shape index (κ1) is 26.2. The Hall–Kier alpha value is -2.42. The molecule has 2 aromatic rings. The highest BCUT2D eigenvalue weighted by atomic mass is 32.2. The van der Waals surface area contributed by atoms with Gasteiger partial charge in [-0.25, -0.2) is 8.42 Å². The van der Waals surface area contributed by atoms with E-state index in [2.05, 4.69) is 20.8 Å². The fourth-order valence-electron chi connectivity index (χ4n) is 4.44. The third-order valence-corrected chi connectivity index (χ3v) is 8.48. The molecule has 1 amide bonds. The van der Waals surface area contributed by atoms with Crippen molar-refractivity contribution in [3.63, 3.8) is 0 Å². The molecule has 3 rings (SSSR count). The zero-order valence-corrected chi connectivity index (χ0v) is 21.2. The average Bonchev–Trinajstić information content (AvgIpc) is 2.83. The Bertz CT molecular complexity index is 1050. The van der Waals surface area contributed by atoms with Crippen LogP contribution in [-0.2, 0) is 26.8 Å². The van der Waals surface area contributed by atoms with E-state index < -0.39 is 15.9 Å². The number of ether oxygens (including phenoxy) is 1. The summed E-state index contributed by atoms with van der Waals surface area (Å²) in [5.41, 5.74) is 3.36. The third-order valence-electron chi connectivity index (χ3n) is 6.66. The fraction of sp³-hybridized carbons (Fsp3) is 0.500. The molecule has 186 valence electrons. The van der Waals surface area contributed by atoms with E-state index >= 15 is 0 Å². The van der Waals surface area contributed by atoms with Gasteiger partial charge in [0, 0.05) is 19.0 Å². The van der Waals surface area contributed by atoms with Crippen LogP contribution in [0.2, 0.25) is 0 Å². The quantitative estimate of drug-likeness (QED) is 0.549. The molecule has 8 heteroatoms. The first-order valence-corrected chi connectivity index (χ1v) is 13.1. The van der Waals surface area contributed by atoms with Crippen LogP contribution in [0.25, 0.3) is 0 Å². The molecule has 1 fully saturated rings. The van der Waals surface area contributed by atoms with Crippen LogP contribution in [-0.4, -0.2) is 32.3 Å². The number of hydrogen-bond acceptors (Lipinski definition) is 5. The van der Waals surface area contributed by atoms with Crippen molar-refractivity contribution in [2.75, 3.05) is 13.7 Å². The summed E-state index contributed by atoms with van der Waals surface area (Å²) in [6, 6.07) is 14.5. The Morgan fingerprint density at radius 2 is 1.62 bits per heavy atom. The van der Waals surface area contributed by atoms with Gasteiger partial charge in [0.1, 0.15) is 5.75 Å². The van der Waals surface area contributed by atoms with Crippen molar-refractivity contribution >= 4 is 15.9 Å².